The van der Waals surface area contributed by atoms with Gasteiger partial charge in [0.1, 0.15) is 0 Å². The van der Waals surface area contributed by atoms with Crippen molar-refractivity contribution in [2.24, 2.45) is 0 Å². The van der Waals surface area contributed by atoms with Crippen LogP contribution in [-0.2, 0) is 4.74 Å². The molecule has 88 valence electrons. The van der Waals surface area contributed by atoms with Gasteiger partial charge in [0.15, 0.2) is 0 Å². The summed E-state index contributed by atoms with van der Waals surface area (Å²) in [7, 11) is 1.72. The molecule has 0 radical (unpaired) electrons. The number of nitrogens with one attached hydrogen (secondary N) is 1. The summed E-state index contributed by atoms with van der Waals surface area (Å²) in [6.45, 7) is 6.40. The number of hydrogen-bond donors (Lipinski definition) is 1. The number of rotatable bonds is 3. The van der Waals surface area contributed by atoms with E-state index < -0.39 is 0 Å². The van der Waals surface area contributed by atoms with Crippen molar-refractivity contribution in [3.8, 4) is 0 Å². The third kappa shape index (κ3) is 3.38. The molecule has 4 heteroatoms. The van der Waals surface area contributed by atoms with Crippen molar-refractivity contribution in [2.45, 2.75) is 38.7 Å². The van der Waals surface area contributed by atoms with Crippen molar-refractivity contribution in [3.05, 3.63) is 0 Å². The average Bonchev–Trinajstić information content (AvgIpc) is 2.26. The van der Waals surface area contributed by atoms with Gasteiger partial charge >= 0.3 is 6.03 Å². The second kappa shape index (κ2) is 5.35. The minimum absolute atomic E-state index is 0.0415. The topological polar surface area (TPSA) is 41.6 Å². The zero-order chi connectivity index (χ0) is 11.3. The largest absolute Gasteiger partial charge is 0.377 e. The molecule has 1 aliphatic rings. The zero-order valence-corrected chi connectivity index (χ0v) is 10.0. The third-order valence-corrected chi connectivity index (χ3v) is 2.97. The molecule has 0 spiro atoms. The van der Waals surface area contributed by atoms with Crippen LogP contribution in [0.15, 0.2) is 0 Å². The van der Waals surface area contributed by atoms with Gasteiger partial charge in [-0.05, 0) is 26.2 Å². The Kier molecular flexibility index (Phi) is 4.39. The van der Waals surface area contributed by atoms with Crippen LogP contribution in [0.4, 0.5) is 4.79 Å². The van der Waals surface area contributed by atoms with Crippen molar-refractivity contribution < 1.29 is 9.53 Å². The van der Waals surface area contributed by atoms with Gasteiger partial charge in [-0.1, -0.05) is 6.92 Å². The van der Waals surface area contributed by atoms with Gasteiger partial charge in [0.2, 0.25) is 0 Å². The molecule has 1 atom stereocenters. The summed E-state index contributed by atoms with van der Waals surface area (Å²) >= 11 is 0. The van der Waals surface area contributed by atoms with Crippen LogP contribution in [0.25, 0.3) is 0 Å². The summed E-state index contributed by atoms with van der Waals surface area (Å²) in [6, 6.07) is 0.0415. The Hall–Kier alpha value is -0.770. The number of amides is 2. The normalized spacial score (nSPS) is 26.5. The van der Waals surface area contributed by atoms with Crippen molar-refractivity contribution in [1.29, 1.82) is 0 Å². The monoisotopic (exact) mass is 214 g/mol. The maximum Gasteiger partial charge on any atom is 0.317 e. The number of carbonyl (C=O) groups is 1. The van der Waals surface area contributed by atoms with Crippen molar-refractivity contribution in [3.63, 3.8) is 0 Å². The average molecular weight is 214 g/mol. The summed E-state index contributed by atoms with van der Waals surface area (Å²) in [5, 5.41) is 2.90. The van der Waals surface area contributed by atoms with E-state index >= 15 is 0 Å². The summed E-state index contributed by atoms with van der Waals surface area (Å²) in [4.78, 5) is 13.6. The molecule has 0 aromatic carbocycles. The predicted octanol–water partition coefficient (Wildman–Crippen LogP) is 1.61. The molecular formula is C11H22N2O2. The van der Waals surface area contributed by atoms with E-state index in [9.17, 15) is 4.79 Å². The lowest BCUT2D eigenvalue weighted by atomic mass is 9.95. The predicted molar refractivity (Wildman–Crippen MR) is 59.9 cm³/mol. The highest BCUT2D eigenvalue weighted by atomic mass is 16.5. The fraction of sp³-hybridized carbons (Fsp3) is 0.909. The number of nitrogens with zero attached hydrogens (tertiary/aromatic N) is 1. The fourth-order valence-corrected chi connectivity index (χ4v) is 1.89. The fourth-order valence-electron chi connectivity index (χ4n) is 1.89. The summed E-state index contributed by atoms with van der Waals surface area (Å²) < 4.78 is 5.44. The molecule has 1 unspecified atom stereocenters. The Morgan fingerprint density at radius 1 is 1.60 bits per heavy atom. The van der Waals surface area contributed by atoms with Gasteiger partial charge in [0, 0.05) is 20.2 Å². The highest BCUT2D eigenvalue weighted by molar-refractivity contribution is 5.74. The second-order valence-electron chi connectivity index (χ2n) is 4.41. The maximum absolute atomic E-state index is 11.7. The highest BCUT2D eigenvalue weighted by Gasteiger charge is 2.32. The van der Waals surface area contributed by atoms with E-state index in [1.54, 1.807) is 7.11 Å². The SMILES string of the molecule is CCCNC(=O)N1CCCC(C)(OC)C1. The number of likely N-dealkylation sites (tertiary alicyclic amines) is 1. The molecule has 0 aromatic heterocycles. The Morgan fingerprint density at radius 2 is 2.33 bits per heavy atom. The van der Waals surface area contributed by atoms with Crippen molar-refractivity contribution in [1.82, 2.24) is 10.2 Å². The number of hydrogen-bond acceptors (Lipinski definition) is 2. The Labute approximate surface area is 92.0 Å². The van der Waals surface area contributed by atoms with E-state index in [0.29, 0.717) is 6.54 Å². The van der Waals surface area contributed by atoms with Crippen LogP contribution in [0.1, 0.15) is 33.1 Å². The molecule has 0 aliphatic carbocycles. The van der Waals surface area contributed by atoms with Crippen LogP contribution in [0.3, 0.4) is 0 Å². The quantitative estimate of drug-likeness (QED) is 0.775. The van der Waals surface area contributed by atoms with Gasteiger partial charge in [0.25, 0.3) is 0 Å². The molecule has 2 amide bonds. The molecule has 1 rings (SSSR count). The first-order valence-electron chi connectivity index (χ1n) is 5.69. The number of ether oxygens (including phenoxy) is 1. The van der Waals surface area contributed by atoms with Crippen LogP contribution in [0, 0.1) is 0 Å². The van der Waals surface area contributed by atoms with Crippen molar-refractivity contribution >= 4 is 6.03 Å². The minimum Gasteiger partial charge on any atom is -0.377 e. The lowest BCUT2D eigenvalue weighted by molar-refractivity contribution is -0.0401. The van der Waals surface area contributed by atoms with Gasteiger partial charge in [-0.3, -0.25) is 0 Å². The molecule has 1 fully saturated rings. The summed E-state index contributed by atoms with van der Waals surface area (Å²) in [6.07, 6.45) is 3.02. The molecule has 0 bridgehead atoms. The van der Waals surface area contributed by atoms with Crippen LogP contribution >= 0.6 is 0 Å². The lowest BCUT2D eigenvalue weighted by Crippen LogP contribution is -2.52. The van der Waals surface area contributed by atoms with Crippen LogP contribution in [0.5, 0.6) is 0 Å². The molecule has 1 heterocycles. The van der Waals surface area contributed by atoms with E-state index in [2.05, 4.69) is 19.2 Å². The molecule has 15 heavy (non-hydrogen) atoms. The Bertz CT molecular complexity index is 221. The van der Waals surface area contributed by atoms with Crippen molar-refractivity contribution in [2.75, 3.05) is 26.7 Å². The minimum atomic E-state index is -0.165. The number of piperidine rings is 1. The molecule has 1 aliphatic heterocycles. The Morgan fingerprint density at radius 3 is 2.93 bits per heavy atom. The maximum atomic E-state index is 11.7. The molecular weight excluding hydrogens is 192 g/mol. The lowest BCUT2D eigenvalue weighted by Gasteiger charge is -2.39. The molecule has 0 aromatic rings. The van der Waals surface area contributed by atoms with Gasteiger partial charge in [-0.15, -0.1) is 0 Å². The van der Waals surface area contributed by atoms with Gasteiger partial charge < -0.3 is 15.0 Å². The molecule has 0 saturated carbocycles. The van der Waals surface area contributed by atoms with Crippen LogP contribution < -0.4 is 5.32 Å². The van der Waals surface area contributed by atoms with Crippen LogP contribution in [0.2, 0.25) is 0 Å². The van der Waals surface area contributed by atoms with E-state index in [1.165, 1.54) is 0 Å². The number of methoxy groups -OCH3 is 1. The Balaban J connectivity index is 2.45. The standard InChI is InChI=1S/C11H22N2O2/c1-4-7-12-10(14)13-8-5-6-11(2,9-13)15-3/h4-9H2,1-3H3,(H,12,14). The molecule has 1 N–H and O–H groups in total. The van der Waals surface area contributed by atoms with Gasteiger partial charge in [-0.2, -0.15) is 0 Å². The van der Waals surface area contributed by atoms with E-state index in [1.807, 2.05) is 4.90 Å². The zero-order valence-electron chi connectivity index (χ0n) is 10.0. The number of urea groups is 1. The van der Waals surface area contributed by atoms with E-state index in [4.69, 9.17) is 4.74 Å². The van der Waals surface area contributed by atoms with Crippen LogP contribution in [-0.4, -0.2) is 43.3 Å². The van der Waals surface area contributed by atoms with E-state index in [0.717, 1.165) is 32.4 Å². The van der Waals surface area contributed by atoms with Gasteiger partial charge in [0.05, 0.1) is 12.1 Å². The second-order valence-corrected chi connectivity index (χ2v) is 4.41. The molecule has 4 nitrogen and oxygen atoms in total. The first kappa shape index (κ1) is 12.3. The summed E-state index contributed by atoms with van der Waals surface area (Å²) in [5.41, 5.74) is -0.165. The van der Waals surface area contributed by atoms with E-state index in [-0.39, 0.29) is 11.6 Å². The third-order valence-electron chi connectivity index (χ3n) is 2.97. The smallest absolute Gasteiger partial charge is 0.317 e. The number of carbonyl (C=O) groups excluding carboxylic acids is 1. The summed E-state index contributed by atoms with van der Waals surface area (Å²) in [5.74, 6) is 0. The van der Waals surface area contributed by atoms with Gasteiger partial charge in [-0.25, -0.2) is 4.79 Å². The first-order valence-corrected chi connectivity index (χ1v) is 5.69. The molecule has 1 saturated heterocycles. The highest BCUT2D eigenvalue weighted by Crippen LogP contribution is 2.23. The first-order chi connectivity index (χ1) is 7.11.